The maximum atomic E-state index is 12.1. The van der Waals surface area contributed by atoms with Crippen molar-refractivity contribution in [1.82, 2.24) is 15.6 Å². The van der Waals surface area contributed by atoms with E-state index in [-0.39, 0.29) is 5.91 Å². The second-order valence-electron chi connectivity index (χ2n) is 5.35. The van der Waals surface area contributed by atoms with E-state index in [2.05, 4.69) is 20.7 Å². The van der Waals surface area contributed by atoms with Crippen LogP contribution in [0.3, 0.4) is 0 Å². The van der Waals surface area contributed by atoms with Gasteiger partial charge in [-0.05, 0) is 24.3 Å². The number of nitrogens with zero attached hydrogens (tertiary/aromatic N) is 2. The quantitative estimate of drug-likeness (QED) is 0.529. The number of para-hydroxylation sites is 1. The molecule has 0 spiro atoms. The normalized spacial score (nSPS) is 11.1. The monoisotopic (exact) mass is 346 g/mol. The fourth-order valence-electron chi connectivity index (χ4n) is 2.34. The average molecular weight is 346 g/mol. The van der Waals surface area contributed by atoms with Gasteiger partial charge in [0.1, 0.15) is 11.4 Å². The molecule has 0 bridgehead atoms. The van der Waals surface area contributed by atoms with Gasteiger partial charge in [0.25, 0.3) is 5.91 Å². The molecule has 0 aliphatic carbocycles. The Hall–Kier alpha value is -3.67. The summed E-state index contributed by atoms with van der Waals surface area (Å²) in [5.74, 6) is 0.411. The molecule has 0 saturated heterocycles. The number of hydrogen-bond donors (Lipinski definition) is 2. The number of aromatic amines is 1. The van der Waals surface area contributed by atoms with Crippen LogP contribution in [0, 0.1) is 0 Å². The maximum Gasteiger partial charge on any atom is 0.289 e. The second kappa shape index (κ2) is 8.43. The highest BCUT2D eigenvalue weighted by atomic mass is 16.5. The zero-order valence-electron chi connectivity index (χ0n) is 14.2. The van der Waals surface area contributed by atoms with Crippen LogP contribution in [0.2, 0.25) is 0 Å². The number of H-pyrrole nitrogens is 1. The minimum atomic E-state index is -0.360. The molecule has 26 heavy (non-hydrogen) atoms. The number of amides is 1. The number of hydrogen-bond acceptors (Lipinski definition) is 4. The summed E-state index contributed by atoms with van der Waals surface area (Å²) >= 11 is 0. The molecular weight excluding hydrogens is 328 g/mol. The van der Waals surface area contributed by atoms with E-state index >= 15 is 0 Å². The Morgan fingerprint density at radius 3 is 2.73 bits per heavy atom. The zero-order valence-corrected chi connectivity index (χ0v) is 14.2. The first-order valence-corrected chi connectivity index (χ1v) is 8.02. The summed E-state index contributed by atoms with van der Waals surface area (Å²) in [6, 6.07) is 18.9. The molecule has 0 unspecified atom stereocenters. The van der Waals surface area contributed by atoms with Crippen molar-refractivity contribution >= 4 is 18.2 Å². The average Bonchev–Trinajstić information content (AvgIpc) is 3.19. The summed E-state index contributed by atoms with van der Waals surface area (Å²) in [6.07, 6.45) is 5.07. The van der Waals surface area contributed by atoms with Crippen molar-refractivity contribution in [3.05, 3.63) is 78.0 Å². The first-order chi connectivity index (χ1) is 12.8. The number of hydrazone groups is 1. The molecule has 0 fully saturated rings. The molecule has 0 aliphatic heterocycles. The standard InChI is InChI=1S/C20H18N4O2/c1-26-19-12-6-5-10-16(19)11-7-13-21-24-20(25)18-14-17(22-23-18)15-8-3-2-4-9-15/h2-14H,1H3,(H,22,23)(H,24,25)/b11-7+,21-13+. The van der Waals surface area contributed by atoms with Crippen LogP contribution in [0.15, 0.2) is 71.8 Å². The minimum absolute atomic E-state index is 0.342. The number of ether oxygens (including phenoxy) is 1. The Morgan fingerprint density at radius 2 is 1.92 bits per heavy atom. The summed E-state index contributed by atoms with van der Waals surface area (Å²) in [6.45, 7) is 0. The molecule has 6 heteroatoms. The Bertz CT molecular complexity index is 930. The van der Waals surface area contributed by atoms with E-state index in [0.717, 1.165) is 16.9 Å². The molecule has 130 valence electrons. The van der Waals surface area contributed by atoms with Gasteiger partial charge in [-0.2, -0.15) is 10.2 Å². The number of allylic oxidation sites excluding steroid dienone is 1. The fourth-order valence-corrected chi connectivity index (χ4v) is 2.34. The number of aromatic nitrogens is 2. The van der Waals surface area contributed by atoms with E-state index in [1.54, 1.807) is 19.3 Å². The van der Waals surface area contributed by atoms with Gasteiger partial charge in [-0.1, -0.05) is 48.5 Å². The lowest BCUT2D eigenvalue weighted by atomic mass is 10.1. The molecule has 1 aromatic heterocycles. The lowest BCUT2D eigenvalue weighted by molar-refractivity contribution is 0.0950. The number of benzene rings is 2. The van der Waals surface area contributed by atoms with Crippen LogP contribution in [0.1, 0.15) is 16.1 Å². The molecule has 0 saturated carbocycles. The Morgan fingerprint density at radius 1 is 1.15 bits per heavy atom. The molecule has 1 heterocycles. The van der Waals surface area contributed by atoms with Crippen LogP contribution < -0.4 is 10.2 Å². The first-order valence-electron chi connectivity index (χ1n) is 8.02. The van der Waals surface area contributed by atoms with Crippen molar-refractivity contribution in [2.75, 3.05) is 7.11 Å². The van der Waals surface area contributed by atoms with Gasteiger partial charge in [0.2, 0.25) is 0 Å². The Labute approximate surface area is 151 Å². The van der Waals surface area contributed by atoms with Crippen LogP contribution in [0.5, 0.6) is 5.75 Å². The van der Waals surface area contributed by atoms with Gasteiger partial charge in [-0.15, -0.1) is 0 Å². The zero-order chi connectivity index (χ0) is 18.2. The second-order valence-corrected chi connectivity index (χ2v) is 5.35. The third-order valence-electron chi connectivity index (χ3n) is 3.63. The van der Waals surface area contributed by atoms with Gasteiger partial charge in [0.15, 0.2) is 0 Å². The van der Waals surface area contributed by atoms with Crippen molar-refractivity contribution in [2.24, 2.45) is 5.10 Å². The van der Waals surface area contributed by atoms with Gasteiger partial charge < -0.3 is 4.74 Å². The molecule has 0 atom stereocenters. The summed E-state index contributed by atoms with van der Waals surface area (Å²) in [5, 5.41) is 10.8. The molecule has 0 radical (unpaired) electrons. The highest BCUT2D eigenvalue weighted by molar-refractivity contribution is 5.94. The van der Waals surface area contributed by atoms with Gasteiger partial charge in [-0.25, -0.2) is 5.43 Å². The molecular formula is C20H18N4O2. The first kappa shape index (κ1) is 17.2. The van der Waals surface area contributed by atoms with E-state index in [1.807, 2.05) is 60.7 Å². The number of nitrogens with one attached hydrogen (secondary N) is 2. The summed E-state index contributed by atoms with van der Waals surface area (Å²) in [5.41, 5.74) is 5.36. The van der Waals surface area contributed by atoms with Crippen molar-refractivity contribution in [1.29, 1.82) is 0 Å². The van der Waals surface area contributed by atoms with Gasteiger partial charge in [-0.3, -0.25) is 9.89 Å². The van der Waals surface area contributed by atoms with E-state index < -0.39 is 0 Å². The summed E-state index contributed by atoms with van der Waals surface area (Å²) < 4.78 is 5.26. The number of carbonyl (C=O) groups is 1. The van der Waals surface area contributed by atoms with Gasteiger partial charge in [0, 0.05) is 17.3 Å². The van der Waals surface area contributed by atoms with Crippen molar-refractivity contribution in [3.63, 3.8) is 0 Å². The molecule has 3 aromatic rings. The van der Waals surface area contributed by atoms with Gasteiger partial charge >= 0.3 is 0 Å². The molecule has 2 N–H and O–H groups in total. The number of carbonyl (C=O) groups excluding carboxylic acids is 1. The van der Waals surface area contributed by atoms with E-state index in [4.69, 9.17) is 4.74 Å². The lowest BCUT2D eigenvalue weighted by Crippen LogP contribution is -2.17. The van der Waals surface area contributed by atoms with Crippen LogP contribution in [-0.2, 0) is 0 Å². The highest BCUT2D eigenvalue weighted by Crippen LogP contribution is 2.18. The molecule has 2 aromatic carbocycles. The molecule has 1 amide bonds. The molecule has 3 rings (SSSR count). The minimum Gasteiger partial charge on any atom is -0.496 e. The third-order valence-corrected chi connectivity index (χ3v) is 3.63. The van der Waals surface area contributed by atoms with Crippen LogP contribution in [0.25, 0.3) is 17.3 Å². The van der Waals surface area contributed by atoms with Crippen molar-refractivity contribution < 1.29 is 9.53 Å². The molecule has 0 aliphatic rings. The van der Waals surface area contributed by atoms with Crippen molar-refractivity contribution in [2.45, 2.75) is 0 Å². The van der Waals surface area contributed by atoms with Crippen LogP contribution >= 0.6 is 0 Å². The SMILES string of the molecule is COc1ccccc1/C=C/C=N/NC(=O)c1cc(-c2ccccc2)n[nH]1. The Kier molecular flexibility index (Phi) is 5.57. The predicted octanol–water partition coefficient (Wildman–Crippen LogP) is 3.51. The van der Waals surface area contributed by atoms with Crippen LogP contribution in [-0.4, -0.2) is 29.4 Å². The topological polar surface area (TPSA) is 79.4 Å². The third kappa shape index (κ3) is 4.24. The largest absolute Gasteiger partial charge is 0.496 e. The van der Waals surface area contributed by atoms with E-state index in [1.165, 1.54) is 6.21 Å². The maximum absolute atomic E-state index is 12.1. The molecule has 6 nitrogen and oxygen atoms in total. The smallest absolute Gasteiger partial charge is 0.289 e. The summed E-state index contributed by atoms with van der Waals surface area (Å²) in [7, 11) is 1.62. The number of rotatable bonds is 6. The van der Waals surface area contributed by atoms with E-state index in [0.29, 0.717) is 11.4 Å². The van der Waals surface area contributed by atoms with Crippen molar-refractivity contribution in [3.8, 4) is 17.0 Å². The van der Waals surface area contributed by atoms with E-state index in [9.17, 15) is 4.79 Å². The van der Waals surface area contributed by atoms with Crippen LogP contribution in [0.4, 0.5) is 0 Å². The lowest BCUT2D eigenvalue weighted by Gasteiger charge is -2.02. The predicted molar refractivity (Wildman–Crippen MR) is 102 cm³/mol. The fraction of sp³-hybridized carbons (Fsp3) is 0.0500. The number of methoxy groups -OCH3 is 1. The Balaban J connectivity index is 1.58. The highest BCUT2D eigenvalue weighted by Gasteiger charge is 2.09. The summed E-state index contributed by atoms with van der Waals surface area (Å²) in [4.78, 5) is 12.1. The van der Waals surface area contributed by atoms with Gasteiger partial charge in [0.05, 0.1) is 12.8 Å².